The Hall–Kier alpha value is -0.510. The van der Waals surface area contributed by atoms with Crippen molar-refractivity contribution in [3.05, 3.63) is 11.4 Å². The number of nitrogens with zero attached hydrogens (tertiary/aromatic N) is 1. The van der Waals surface area contributed by atoms with Crippen molar-refractivity contribution >= 4 is 0 Å². The van der Waals surface area contributed by atoms with Crippen LogP contribution in [-0.4, -0.2) is 6.04 Å². The van der Waals surface area contributed by atoms with Gasteiger partial charge in [-0.1, -0.05) is 0 Å². The molecule has 1 atom stereocenters. The summed E-state index contributed by atoms with van der Waals surface area (Å²) < 4.78 is 0. The van der Waals surface area contributed by atoms with Crippen LogP contribution in [0.1, 0.15) is 26.2 Å². The van der Waals surface area contributed by atoms with Gasteiger partial charge in [0, 0.05) is 13.3 Å². The molecule has 0 spiro atoms. The first-order chi connectivity index (χ1) is 3.83. The molecule has 44 valence electrons. The summed E-state index contributed by atoms with van der Waals surface area (Å²) in [5, 5.41) is 0. The molecule has 1 unspecified atom stereocenters. The topological polar surface area (TPSA) is 4.36 Å². The summed E-state index contributed by atoms with van der Waals surface area (Å²) in [6.45, 7) is 8.66. The minimum Gasteiger partial charge on any atom is -0.314 e. The molecule has 1 aliphatic rings. The highest BCUT2D eigenvalue weighted by Gasteiger charge is 2.25. The summed E-state index contributed by atoms with van der Waals surface area (Å²) in [4.78, 5) is 3.42. The largest absolute Gasteiger partial charge is 0.314 e. The van der Waals surface area contributed by atoms with Crippen molar-refractivity contribution in [2.24, 2.45) is 5.92 Å². The molecule has 0 bridgehead atoms. The highest BCUT2D eigenvalue weighted by Crippen LogP contribution is 2.33. The van der Waals surface area contributed by atoms with E-state index >= 15 is 0 Å². The summed E-state index contributed by atoms with van der Waals surface area (Å²) in [5.41, 5.74) is 0. The standard InChI is InChI=1S/C7H11N/c1-6(8-2)5-7-3-4-7/h6-7H,3-5H2,1H3. The normalized spacial score (nSPS) is 22.0. The Morgan fingerprint density at radius 1 is 1.75 bits per heavy atom. The van der Waals surface area contributed by atoms with Crippen LogP contribution in [0, 0.1) is 12.5 Å². The smallest absolute Gasteiger partial charge is 0.221 e. The Morgan fingerprint density at radius 2 is 2.38 bits per heavy atom. The SMILES string of the molecule is [C-]#[N+]C(C)CC1CC1. The van der Waals surface area contributed by atoms with Crippen molar-refractivity contribution in [3.8, 4) is 0 Å². The van der Waals surface area contributed by atoms with Gasteiger partial charge in [-0.2, -0.15) is 0 Å². The van der Waals surface area contributed by atoms with Gasteiger partial charge in [0.25, 0.3) is 0 Å². The van der Waals surface area contributed by atoms with Crippen LogP contribution in [0.4, 0.5) is 0 Å². The van der Waals surface area contributed by atoms with Crippen molar-refractivity contribution < 1.29 is 0 Å². The third-order valence-corrected chi connectivity index (χ3v) is 1.59. The average molecular weight is 109 g/mol. The van der Waals surface area contributed by atoms with Gasteiger partial charge in [0.05, 0.1) is 0 Å². The lowest BCUT2D eigenvalue weighted by molar-refractivity contribution is 0.670. The number of hydrogen-bond donors (Lipinski definition) is 0. The second kappa shape index (κ2) is 2.17. The molecular weight excluding hydrogens is 98.1 g/mol. The maximum atomic E-state index is 6.65. The molecule has 1 heteroatoms. The molecule has 0 saturated heterocycles. The van der Waals surface area contributed by atoms with Crippen molar-refractivity contribution in [1.29, 1.82) is 0 Å². The summed E-state index contributed by atoms with van der Waals surface area (Å²) in [7, 11) is 0. The molecule has 0 heterocycles. The van der Waals surface area contributed by atoms with Crippen LogP contribution in [0.3, 0.4) is 0 Å². The van der Waals surface area contributed by atoms with Gasteiger partial charge in [0.15, 0.2) is 0 Å². The second-order valence-electron chi connectivity index (χ2n) is 2.66. The lowest BCUT2D eigenvalue weighted by Crippen LogP contribution is -1.94. The van der Waals surface area contributed by atoms with Gasteiger partial charge in [-0.15, -0.1) is 0 Å². The first-order valence-electron chi connectivity index (χ1n) is 3.19. The van der Waals surface area contributed by atoms with Crippen LogP contribution in [0.25, 0.3) is 4.85 Å². The van der Waals surface area contributed by atoms with E-state index < -0.39 is 0 Å². The molecule has 0 N–H and O–H groups in total. The molecule has 1 saturated carbocycles. The number of rotatable bonds is 2. The molecule has 1 rings (SSSR count). The van der Waals surface area contributed by atoms with E-state index in [9.17, 15) is 0 Å². The lowest BCUT2D eigenvalue weighted by atomic mass is 10.2. The molecule has 1 fully saturated rings. The van der Waals surface area contributed by atoms with Gasteiger partial charge in [-0.25, -0.2) is 6.57 Å². The maximum Gasteiger partial charge on any atom is 0.221 e. The Balaban J connectivity index is 2.09. The first kappa shape index (κ1) is 5.62. The van der Waals surface area contributed by atoms with Crippen molar-refractivity contribution in [1.82, 2.24) is 0 Å². The fraction of sp³-hybridized carbons (Fsp3) is 0.857. The van der Waals surface area contributed by atoms with Gasteiger partial charge in [0.1, 0.15) is 0 Å². The average Bonchev–Trinajstić information content (AvgIpc) is 2.50. The molecule has 0 amide bonds. The highest BCUT2D eigenvalue weighted by atomic mass is 14.7. The molecule has 0 aromatic heterocycles. The quantitative estimate of drug-likeness (QED) is 0.478. The minimum absolute atomic E-state index is 0.280. The summed E-state index contributed by atoms with van der Waals surface area (Å²) in [6.07, 6.45) is 3.89. The molecule has 0 radical (unpaired) electrons. The third kappa shape index (κ3) is 1.54. The summed E-state index contributed by atoms with van der Waals surface area (Å²) in [6, 6.07) is 0.280. The predicted molar refractivity (Wildman–Crippen MR) is 33.4 cm³/mol. The van der Waals surface area contributed by atoms with E-state index in [0.29, 0.717) is 0 Å². The first-order valence-corrected chi connectivity index (χ1v) is 3.19. The van der Waals surface area contributed by atoms with E-state index in [1.165, 1.54) is 12.8 Å². The molecule has 0 aromatic rings. The zero-order valence-electron chi connectivity index (χ0n) is 5.22. The van der Waals surface area contributed by atoms with Crippen LogP contribution in [0.5, 0.6) is 0 Å². The second-order valence-corrected chi connectivity index (χ2v) is 2.66. The Morgan fingerprint density at radius 3 is 2.75 bits per heavy atom. The third-order valence-electron chi connectivity index (χ3n) is 1.59. The zero-order chi connectivity index (χ0) is 5.98. The van der Waals surface area contributed by atoms with Crippen LogP contribution in [0.2, 0.25) is 0 Å². The van der Waals surface area contributed by atoms with Crippen molar-refractivity contribution in [2.45, 2.75) is 32.2 Å². The molecular formula is C7H11N. The maximum absolute atomic E-state index is 6.65. The van der Waals surface area contributed by atoms with E-state index in [4.69, 9.17) is 6.57 Å². The fourth-order valence-electron chi connectivity index (χ4n) is 0.889. The van der Waals surface area contributed by atoms with Crippen LogP contribution < -0.4 is 0 Å². The highest BCUT2D eigenvalue weighted by molar-refractivity contribution is 4.82. The van der Waals surface area contributed by atoms with Crippen LogP contribution in [0.15, 0.2) is 0 Å². The van der Waals surface area contributed by atoms with E-state index in [-0.39, 0.29) is 6.04 Å². The molecule has 1 nitrogen and oxygen atoms in total. The lowest BCUT2D eigenvalue weighted by Gasteiger charge is -1.92. The van der Waals surface area contributed by atoms with E-state index in [1.54, 1.807) is 0 Å². The monoisotopic (exact) mass is 109 g/mol. The molecule has 0 aliphatic heterocycles. The van der Waals surface area contributed by atoms with Crippen molar-refractivity contribution in [2.75, 3.05) is 0 Å². The Kier molecular flexibility index (Phi) is 1.53. The zero-order valence-corrected chi connectivity index (χ0v) is 5.22. The van der Waals surface area contributed by atoms with E-state index in [2.05, 4.69) is 4.85 Å². The van der Waals surface area contributed by atoms with Crippen LogP contribution >= 0.6 is 0 Å². The Labute approximate surface area is 50.5 Å². The molecule has 1 aliphatic carbocycles. The molecule has 8 heavy (non-hydrogen) atoms. The predicted octanol–water partition coefficient (Wildman–Crippen LogP) is 2.09. The van der Waals surface area contributed by atoms with Crippen molar-refractivity contribution in [3.63, 3.8) is 0 Å². The number of hydrogen-bond acceptors (Lipinski definition) is 0. The fourth-order valence-corrected chi connectivity index (χ4v) is 0.889. The van der Waals surface area contributed by atoms with Gasteiger partial charge < -0.3 is 4.85 Å². The van der Waals surface area contributed by atoms with E-state index in [1.807, 2.05) is 6.92 Å². The van der Waals surface area contributed by atoms with Crippen LogP contribution in [-0.2, 0) is 0 Å². The van der Waals surface area contributed by atoms with E-state index in [0.717, 1.165) is 12.3 Å². The summed E-state index contributed by atoms with van der Waals surface area (Å²) in [5.74, 6) is 0.916. The minimum atomic E-state index is 0.280. The summed E-state index contributed by atoms with van der Waals surface area (Å²) >= 11 is 0. The van der Waals surface area contributed by atoms with Gasteiger partial charge in [0.2, 0.25) is 6.04 Å². The van der Waals surface area contributed by atoms with Gasteiger partial charge in [-0.05, 0) is 18.8 Å². The van der Waals surface area contributed by atoms with Gasteiger partial charge in [-0.3, -0.25) is 0 Å². The molecule has 0 aromatic carbocycles. The Bertz CT molecular complexity index is 108. The van der Waals surface area contributed by atoms with Gasteiger partial charge >= 0.3 is 0 Å².